The standard InChI is InChI=1S/C23H30N2O5S/c1-6-24(5)31(29,30)20-10-8-7-9-16(20)11-17-15(2)25(14-21(27)28)18-12-23(3,4)13-19(26)22(17)18/h7-10H,6,11-14H2,1-5H3,(H,27,28). The molecule has 0 saturated heterocycles. The van der Waals surface area contributed by atoms with Crippen LogP contribution >= 0.6 is 0 Å². The van der Waals surface area contributed by atoms with Crippen molar-refractivity contribution in [2.24, 2.45) is 5.41 Å². The summed E-state index contributed by atoms with van der Waals surface area (Å²) in [5.74, 6) is -0.990. The maximum atomic E-state index is 13.1. The maximum absolute atomic E-state index is 13.1. The highest BCUT2D eigenvalue weighted by atomic mass is 32.2. The molecule has 0 bridgehead atoms. The van der Waals surface area contributed by atoms with Crippen LogP contribution in [-0.2, 0) is 34.2 Å². The lowest BCUT2D eigenvalue weighted by Gasteiger charge is -2.30. The second kappa shape index (κ2) is 8.24. The van der Waals surface area contributed by atoms with Crippen LogP contribution in [-0.4, -0.2) is 47.7 Å². The lowest BCUT2D eigenvalue weighted by Crippen LogP contribution is -2.29. The zero-order chi connectivity index (χ0) is 23.1. The van der Waals surface area contributed by atoms with Gasteiger partial charge in [0.25, 0.3) is 0 Å². The molecule has 8 heteroatoms. The van der Waals surface area contributed by atoms with Crippen molar-refractivity contribution >= 4 is 21.8 Å². The van der Waals surface area contributed by atoms with Gasteiger partial charge in [-0.1, -0.05) is 39.0 Å². The van der Waals surface area contributed by atoms with Gasteiger partial charge in [-0.2, -0.15) is 0 Å². The summed E-state index contributed by atoms with van der Waals surface area (Å²) >= 11 is 0. The first-order valence-corrected chi connectivity index (χ1v) is 11.8. The zero-order valence-electron chi connectivity index (χ0n) is 18.7. The van der Waals surface area contributed by atoms with Crippen LogP contribution in [0.25, 0.3) is 0 Å². The average molecular weight is 447 g/mol. The van der Waals surface area contributed by atoms with Crippen molar-refractivity contribution in [2.45, 2.75) is 58.4 Å². The van der Waals surface area contributed by atoms with Crippen LogP contribution < -0.4 is 0 Å². The largest absolute Gasteiger partial charge is 0.480 e. The fourth-order valence-electron chi connectivity index (χ4n) is 4.40. The number of carbonyl (C=O) groups is 2. The minimum absolute atomic E-state index is 0.0143. The minimum atomic E-state index is -3.67. The first-order valence-electron chi connectivity index (χ1n) is 10.4. The van der Waals surface area contributed by atoms with Gasteiger partial charge in [0.15, 0.2) is 5.78 Å². The lowest BCUT2D eigenvalue weighted by molar-refractivity contribution is -0.137. The third kappa shape index (κ3) is 4.32. The van der Waals surface area contributed by atoms with Crippen molar-refractivity contribution in [3.05, 3.63) is 52.3 Å². The van der Waals surface area contributed by atoms with E-state index < -0.39 is 16.0 Å². The first-order chi connectivity index (χ1) is 14.4. The van der Waals surface area contributed by atoms with Crippen molar-refractivity contribution in [2.75, 3.05) is 13.6 Å². The molecule has 3 rings (SSSR count). The number of aromatic nitrogens is 1. The molecule has 1 aromatic carbocycles. The predicted molar refractivity (Wildman–Crippen MR) is 118 cm³/mol. The summed E-state index contributed by atoms with van der Waals surface area (Å²) in [7, 11) is -2.13. The van der Waals surface area contributed by atoms with E-state index in [1.54, 1.807) is 35.8 Å². The normalized spacial score (nSPS) is 15.9. The van der Waals surface area contributed by atoms with Crippen LogP contribution in [0.15, 0.2) is 29.2 Å². The van der Waals surface area contributed by atoms with E-state index in [0.29, 0.717) is 36.2 Å². The molecule has 1 heterocycles. The topological polar surface area (TPSA) is 96.7 Å². The molecule has 0 aliphatic heterocycles. The number of hydrogen-bond donors (Lipinski definition) is 1. The van der Waals surface area contributed by atoms with Gasteiger partial charge in [0, 0.05) is 43.4 Å². The summed E-state index contributed by atoms with van der Waals surface area (Å²) < 4.78 is 29.0. The summed E-state index contributed by atoms with van der Waals surface area (Å²) in [4.78, 5) is 24.8. The predicted octanol–water partition coefficient (Wildman–Crippen LogP) is 3.27. The van der Waals surface area contributed by atoms with E-state index in [-0.39, 0.29) is 29.1 Å². The third-order valence-corrected chi connectivity index (χ3v) is 8.12. The van der Waals surface area contributed by atoms with Gasteiger partial charge in [-0.25, -0.2) is 12.7 Å². The highest BCUT2D eigenvalue weighted by Crippen LogP contribution is 2.39. The van der Waals surface area contributed by atoms with E-state index in [9.17, 15) is 23.1 Å². The van der Waals surface area contributed by atoms with E-state index in [2.05, 4.69) is 0 Å². The van der Waals surface area contributed by atoms with E-state index in [1.807, 2.05) is 20.8 Å². The Morgan fingerprint density at radius 2 is 1.87 bits per heavy atom. The molecule has 1 aliphatic carbocycles. The molecule has 168 valence electrons. The number of Topliss-reactive ketones (excluding diaryl/α,β-unsaturated/α-hetero) is 1. The number of carboxylic acids is 1. The molecule has 1 aliphatic rings. The molecule has 1 aromatic heterocycles. The van der Waals surface area contributed by atoms with E-state index >= 15 is 0 Å². The van der Waals surface area contributed by atoms with Crippen LogP contribution in [0.5, 0.6) is 0 Å². The molecular weight excluding hydrogens is 416 g/mol. The van der Waals surface area contributed by atoms with E-state index in [0.717, 1.165) is 11.3 Å². The van der Waals surface area contributed by atoms with Gasteiger partial charge in [0.2, 0.25) is 10.0 Å². The number of benzene rings is 1. The number of nitrogens with zero attached hydrogens (tertiary/aromatic N) is 2. The molecule has 1 N–H and O–H groups in total. The van der Waals surface area contributed by atoms with Gasteiger partial charge in [0.1, 0.15) is 6.54 Å². The second-order valence-electron chi connectivity index (χ2n) is 9.01. The Morgan fingerprint density at radius 1 is 1.23 bits per heavy atom. The molecule has 0 atom stereocenters. The third-order valence-electron chi connectivity index (χ3n) is 6.09. The Morgan fingerprint density at radius 3 is 2.48 bits per heavy atom. The number of carbonyl (C=O) groups excluding carboxylic acids is 1. The highest BCUT2D eigenvalue weighted by Gasteiger charge is 2.37. The molecule has 0 radical (unpaired) electrons. The molecule has 31 heavy (non-hydrogen) atoms. The van der Waals surface area contributed by atoms with Crippen molar-refractivity contribution in [1.29, 1.82) is 0 Å². The minimum Gasteiger partial charge on any atom is -0.480 e. The van der Waals surface area contributed by atoms with Gasteiger partial charge in [-0.05, 0) is 36.0 Å². The van der Waals surface area contributed by atoms with Crippen molar-refractivity contribution in [3.8, 4) is 0 Å². The lowest BCUT2D eigenvalue weighted by atomic mass is 9.75. The zero-order valence-corrected chi connectivity index (χ0v) is 19.5. The average Bonchev–Trinajstić information content (AvgIpc) is 2.92. The number of carboxylic acid groups (broad SMARTS) is 1. The van der Waals surface area contributed by atoms with Crippen LogP contribution in [0.3, 0.4) is 0 Å². The smallest absolute Gasteiger partial charge is 0.323 e. The summed E-state index contributed by atoms with van der Waals surface area (Å²) in [6.07, 6.45) is 1.22. The molecule has 0 saturated carbocycles. The van der Waals surface area contributed by atoms with Crippen molar-refractivity contribution in [1.82, 2.24) is 8.87 Å². The quantitative estimate of drug-likeness (QED) is 0.704. The second-order valence-corrected chi connectivity index (χ2v) is 11.0. The summed E-state index contributed by atoms with van der Waals surface area (Å²) in [6, 6.07) is 6.80. The number of aliphatic carboxylic acids is 1. The summed E-state index contributed by atoms with van der Waals surface area (Å²) in [6.45, 7) is 7.70. The highest BCUT2D eigenvalue weighted by molar-refractivity contribution is 7.89. The summed E-state index contributed by atoms with van der Waals surface area (Å²) in [5.41, 5.74) is 3.07. The monoisotopic (exact) mass is 446 g/mol. The van der Waals surface area contributed by atoms with Gasteiger partial charge in [-0.3, -0.25) is 9.59 Å². The number of ketones is 1. The Labute approximate surface area is 183 Å². The Bertz CT molecular complexity index is 1140. The fraction of sp³-hybridized carbons (Fsp3) is 0.478. The number of hydrogen-bond acceptors (Lipinski definition) is 4. The molecule has 0 unspecified atom stereocenters. The Balaban J connectivity index is 2.18. The molecule has 0 spiro atoms. The fourth-order valence-corrected chi connectivity index (χ4v) is 5.80. The molecular formula is C23H30N2O5S. The molecule has 7 nitrogen and oxygen atoms in total. The van der Waals surface area contributed by atoms with E-state index in [1.165, 1.54) is 11.4 Å². The maximum Gasteiger partial charge on any atom is 0.323 e. The first kappa shape index (κ1) is 23.2. The van der Waals surface area contributed by atoms with Crippen LogP contribution in [0.4, 0.5) is 0 Å². The van der Waals surface area contributed by atoms with Crippen molar-refractivity contribution < 1.29 is 23.1 Å². The van der Waals surface area contributed by atoms with Gasteiger partial charge < -0.3 is 9.67 Å². The van der Waals surface area contributed by atoms with Gasteiger partial charge in [0.05, 0.1) is 4.90 Å². The molecule has 0 fully saturated rings. The van der Waals surface area contributed by atoms with Gasteiger partial charge >= 0.3 is 5.97 Å². The molecule has 2 aromatic rings. The van der Waals surface area contributed by atoms with Gasteiger partial charge in [-0.15, -0.1) is 0 Å². The number of rotatable bonds is 7. The number of fused-ring (bicyclic) bond motifs is 1. The van der Waals surface area contributed by atoms with Crippen LogP contribution in [0.2, 0.25) is 0 Å². The summed E-state index contributed by atoms with van der Waals surface area (Å²) in [5, 5.41) is 9.44. The van der Waals surface area contributed by atoms with Crippen LogP contribution in [0, 0.1) is 12.3 Å². The van der Waals surface area contributed by atoms with Crippen LogP contribution in [0.1, 0.15) is 60.1 Å². The Kier molecular flexibility index (Phi) is 6.17. The Hall–Kier alpha value is -2.45. The SMILES string of the molecule is CCN(C)S(=O)(=O)c1ccccc1Cc1c2c(n(CC(=O)O)c1C)CC(C)(C)CC2=O. The number of sulfonamides is 1. The molecule has 0 amide bonds. The van der Waals surface area contributed by atoms with E-state index in [4.69, 9.17) is 0 Å². The van der Waals surface area contributed by atoms with Crippen molar-refractivity contribution in [3.63, 3.8) is 0 Å².